The van der Waals surface area contributed by atoms with Gasteiger partial charge < -0.3 is 15.2 Å². The molecule has 1 aromatic heterocycles. The van der Waals surface area contributed by atoms with E-state index in [4.69, 9.17) is 15.2 Å². The third kappa shape index (κ3) is 2.68. The quantitative estimate of drug-likeness (QED) is 0.766. The van der Waals surface area contributed by atoms with Crippen molar-refractivity contribution in [2.45, 2.75) is 13.0 Å². The first-order valence-electron chi connectivity index (χ1n) is 4.61. The number of nitrogens with two attached hydrogens (primary N) is 1. The lowest BCUT2D eigenvalue weighted by molar-refractivity contribution is 0.178. The number of hydrogen-bond acceptors (Lipinski definition) is 4. The SMILES string of the molecule is CCOc1ncccc1[C@@H](N)COC. The van der Waals surface area contributed by atoms with E-state index in [-0.39, 0.29) is 6.04 Å². The van der Waals surface area contributed by atoms with E-state index < -0.39 is 0 Å². The zero-order chi connectivity index (χ0) is 10.4. The number of hydrogen-bond donors (Lipinski definition) is 1. The minimum Gasteiger partial charge on any atom is -0.478 e. The highest BCUT2D eigenvalue weighted by molar-refractivity contribution is 5.28. The van der Waals surface area contributed by atoms with Crippen LogP contribution < -0.4 is 10.5 Å². The molecule has 0 radical (unpaired) electrons. The molecule has 2 N–H and O–H groups in total. The predicted molar refractivity (Wildman–Crippen MR) is 54.2 cm³/mol. The zero-order valence-electron chi connectivity index (χ0n) is 8.56. The Kier molecular flexibility index (Phi) is 4.35. The maximum Gasteiger partial charge on any atom is 0.218 e. The first-order chi connectivity index (χ1) is 6.79. The number of pyridine rings is 1. The Morgan fingerprint density at radius 2 is 2.36 bits per heavy atom. The summed E-state index contributed by atoms with van der Waals surface area (Å²) in [7, 11) is 1.62. The molecular weight excluding hydrogens is 180 g/mol. The Balaban J connectivity index is 2.82. The maximum atomic E-state index is 5.89. The lowest BCUT2D eigenvalue weighted by Crippen LogP contribution is -2.17. The molecule has 4 nitrogen and oxygen atoms in total. The van der Waals surface area contributed by atoms with Gasteiger partial charge in [0, 0.05) is 18.9 Å². The van der Waals surface area contributed by atoms with E-state index in [1.54, 1.807) is 13.3 Å². The van der Waals surface area contributed by atoms with Gasteiger partial charge in [0.05, 0.1) is 19.3 Å². The van der Waals surface area contributed by atoms with E-state index in [2.05, 4.69) is 4.98 Å². The second kappa shape index (κ2) is 5.57. The monoisotopic (exact) mass is 196 g/mol. The molecule has 0 aliphatic rings. The zero-order valence-corrected chi connectivity index (χ0v) is 8.56. The molecule has 1 heterocycles. The summed E-state index contributed by atoms with van der Waals surface area (Å²) in [5.74, 6) is 0.597. The summed E-state index contributed by atoms with van der Waals surface area (Å²) in [5.41, 5.74) is 6.78. The standard InChI is InChI=1S/C10H16N2O2/c1-3-14-10-8(5-4-6-12-10)9(11)7-13-2/h4-6,9H,3,7,11H2,1-2H3/t9-/m0/s1. The number of methoxy groups -OCH3 is 1. The summed E-state index contributed by atoms with van der Waals surface area (Å²) in [6, 6.07) is 3.56. The second-order valence-corrected chi connectivity index (χ2v) is 2.89. The fraction of sp³-hybridized carbons (Fsp3) is 0.500. The molecule has 0 saturated heterocycles. The van der Waals surface area contributed by atoms with Gasteiger partial charge in [0.25, 0.3) is 0 Å². The van der Waals surface area contributed by atoms with Crippen molar-refractivity contribution in [3.05, 3.63) is 23.9 Å². The molecule has 0 aromatic carbocycles. The van der Waals surface area contributed by atoms with E-state index in [9.17, 15) is 0 Å². The Morgan fingerprint density at radius 1 is 1.57 bits per heavy atom. The lowest BCUT2D eigenvalue weighted by atomic mass is 10.1. The Hall–Kier alpha value is -1.13. The van der Waals surface area contributed by atoms with Crippen LogP contribution in [0.5, 0.6) is 5.88 Å². The Bertz CT molecular complexity index is 279. The van der Waals surface area contributed by atoms with E-state index in [1.807, 2.05) is 19.1 Å². The van der Waals surface area contributed by atoms with Crippen LogP contribution in [-0.2, 0) is 4.74 Å². The van der Waals surface area contributed by atoms with Gasteiger partial charge in [-0.3, -0.25) is 0 Å². The summed E-state index contributed by atoms with van der Waals surface area (Å²) < 4.78 is 10.3. The molecule has 0 saturated carbocycles. The average molecular weight is 196 g/mol. The van der Waals surface area contributed by atoms with Crippen LogP contribution in [0.3, 0.4) is 0 Å². The van der Waals surface area contributed by atoms with Gasteiger partial charge in [-0.25, -0.2) is 4.98 Å². The van der Waals surface area contributed by atoms with Gasteiger partial charge in [0.15, 0.2) is 0 Å². The third-order valence-corrected chi connectivity index (χ3v) is 1.83. The molecule has 0 unspecified atom stereocenters. The number of nitrogens with zero attached hydrogens (tertiary/aromatic N) is 1. The van der Waals surface area contributed by atoms with Crippen molar-refractivity contribution in [1.29, 1.82) is 0 Å². The van der Waals surface area contributed by atoms with Gasteiger partial charge in [-0.2, -0.15) is 0 Å². The molecule has 78 valence electrons. The highest BCUT2D eigenvalue weighted by atomic mass is 16.5. The van der Waals surface area contributed by atoms with Crippen LogP contribution in [0.15, 0.2) is 18.3 Å². The minimum atomic E-state index is -0.185. The van der Waals surface area contributed by atoms with Crippen LogP contribution in [0, 0.1) is 0 Å². The fourth-order valence-corrected chi connectivity index (χ4v) is 1.21. The first-order valence-corrected chi connectivity index (χ1v) is 4.61. The summed E-state index contributed by atoms with van der Waals surface area (Å²) in [6.07, 6.45) is 1.69. The highest BCUT2D eigenvalue weighted by Crippen LogP contribution is 2.20. The van der Waals surface area contributed by atoms with E-state index in [0.29, 0.717) is 19.1 Å². The van der Waals surface area contributed by atoms with Gasteiger partial charge in [-0.05, 0) is 13.0 Å². The molecule has 14 heavy (non-hydrogen) atoms. The van der Waals surface area contributed by atoms with Crippen molar-refractivity contribution < 1.29 is 9.47 Å². The second-order valence-electron chi connectivity index (χ2n) is 2.89. The normalized spacial score (nSPS) is 12.5. The minimum absolute atomic E-state index is 0.185. The molecular formula is C10H16N2O2. The molecule has 0 spiro atoms. The smallest absolute Gasteiger partial charge is 0.218 e. The topological polar surface area (TPSA) is 57.4 Å². The van der Waals surface area contributed by atoms with Crippen LogP contribution in [0.2, 0.25) is 0 Å². The summed E-state index contributed by atoms with van der Waals surface area (Å²) >= 11 is 0. The van der Waals surface area contributed by atoms with Crippen LogP contribution in [0.4, 0.5) is 0 Å². The number of ether oxygens (including phenoxy) is 2. The summed E-state index contributed by atoms with van der Waals surface area (Å²) in [6.45, 7) is 2.97. The lowest BCUT2D eigenvalue weighted by Gasteiger charge is -2.14. The molecule has 0 aliphatic carbocycles. The molecule has 0 amide bonds. The molecule has 0 fully saturated rings. The molecule has 0 bridgehead atoms. The van der Waals surface area contributed by atoms with Crippen molar-refractivity contribution >= 4 is 0 Å². The Labute approximate surface area is 84.0 Å². The van der Waals surface area contributed by atoms with Crippen LogP contribution in [0.1, 0.15) is 18.5 Å². The maximum absolute atomic E-state index is 5.89. The number of aromatic nitrogens is 1. The third-order valence-electron chi connectivity index (χ3n) is 1.83. The fourth-order valence-electron chi connectivity index (χ4n) is 1.21. The molecule has 1 rings (SSSR count). The van der Waals surface area contributed by atoms with Gasteiger partial charge in [0.1, 0.15) is 0 Å². The van der Waals surface area contributed by atoms with Crippen LogP contribution in [-0.4, -0.2) is 25.3 Å². The van der Waals surface area contributed by atoms with E-state index in [0.717, 1.165) is 5.56 Å². The van der Waals surface area contributed by atoms with Crippen molar-refractivity contribution in [2.75, 3.05) is 20.3 Å². The summed E-state index contributed by atoms with van der Waals surface area (Å²) in [5, 5.41) is 0. The van der Waals surface area contributed by atoms with E-state index in [1.165, 1.54) is 0 Å². The first kappa shape index (κ1) is 10.9. The van der Waals surface area contributed by atoms with Crippen molar-refractivity contribution in [1.82, 2.24) is 4.98 Å². The van der Waals surface area contributed by atoms with Gasteiger partial charge in [-0.15, -0.1) is 0 Å². The number of rotatable bonds is 5. The largest absolute Gasteiger partial charge is 0.478 e. The average Bonchev–Trinajstić information content (AvgIpc) is 2.19. The van der Waals surface area contributed by atoms with E-state index >= 15 is 0 Å². The van der Waals surface area contributed by atoms with Crippen LogP contribution >= 0.6 is 0 Å². The highest BCUT2D eigenvalue weighted by Gasteiger charge is 2.11. The van der Waals surface area contributed by atoms with Crippen molar-refractivity contribution in [3.63, 3.8) is 0 Å². The molecule has 1 atom stereocenters. The van der Waals surface area contributed by atoms with Crippen LogP contribution in [0.25, 0.3) is 0 Å². The van der Waals surface area contributed by atoms with Gasteiger partial charge >= 0.3 is 0 Å². The molecule has 4 heteroatoms. The van der Waals surface area contributed by atoms with Gasteiger partial charge in [0.2, 0.25) is 5.88 Å². The predicted octanol–water partition coefficient (Wildman–Crippen LogP) is 1.13. The van der Waals surface area contributed by atoms with Crippen molar-refractivity contribution in [2.24, 2.45) is 5.73 Å². The van der Waals surface area contributed by atoms with Crippen molar-refractivity contribution in [3.8, 4) is 5.88 Å². The Morgan fingerprint density at radius 3 is 3.00 bits per heavy atom. The molecule has 1 aromatic rings. The van der Waals surface area contributed by atoms with Gasteiger partial charge in [-0.1, -0.05) is 6.07 Å². The molecule has 0 aliphatic heterocycles. The summed E-state index contributed by atoms with van der Waals surface area (Å²) in [4.78, 5) is 4.11.